The summed E-state index contributed by atoms with van der Waals surface area (Å²) >= 11 is 1.41. The average molecular weight is 248 g/mol. The van der Waals surface area contributed by atoms with E-state index in [1.165, 1.54) is 11.5 Å². The molecule has 0 aliphatic carbocycles. The van der Waals surface area contributed by atoms with Crippen LogP contribution in [0.3, 0.4) is 0 Å². The second-order valence-corrected chi connectivity index (χ2v) is 4.48. The van der Waals surface area contributed by atoms with E-state index in [0.717, 1.165) is 29.5 Å². The molecule has 17 heavy (non-hydrogen) atoms. The smallest absolute Gasteiger partial charge is 0.203 e. The molecule has 0 radical (unpaired) electrons. The van der Waals surface area contributed by atoms with Gasteiger partial charge in [-0.3, -0.25) is 4.98 Å². The first-order valence-corrected chi connectivity index (χ1v) is 6.60. The van der Waals surface area contributed by atoms with Crippen molar-refractivity contribution >= 4 is 16.7 Å². The number of nitrogens with one attached hydrogen (secondary N) is 1. The highest BCUT2D eigenvalue weighted by atomic mass is 32.1. The van der Waals surface area contributed by atoms with Crippen molar-refractivity contribution < 1.29 is 0 Å². The zero-order valence-corrected chi connectivity index (χ0v) is 10.9. The second-order valence-electron chi connectivity index (χ2n) is 3.73. The Balaban J connectivity index is 2.10. The van der Waals surface area contributed by atoms with Crippen LogP contribution in [-0.4, -0.2) is 14.3 Å². The Hall–Kier alpha value is -1.49. The Labute approximate surface area is 105 Å². The van der Waals surface area contributed by atoms with Gasteiger partial charge in [0, 0.05) is 24.2 Å². The van der Waals surface area contributed by atoms with Gasteiger partial charge in [0.15, 0.2) is 0 Å². The van der Waals surface area contributed by atoms with Crippen LogP contribution < -0.4 is 5.32 Å². The van der Waals surface area contributed by atoms with Crippen molar-refractivity contribution in [2.75, 3.05) is 5.32 Å². The number of aryl methyl sites for hydroxylation is 1. The fourth-order valence-corrected chi connectivity index (χ4v) is 2.28. The molecular weight excluding hydrogens is 232 g/mol. The van der Waals surface area contributed by atoms with Crippen LogP contribution in [0.25, 0.3) is 0 Å². The van der Waals surface area contributed by atoms with Gasteiger partial charge in [0.1, 0.15) is 5.82 Å². The molecule has 0 fully saturated rings. The van der Waals surface area contributed by atoms with E-state index in [1.54, 1.807) is 0 Å². The van der Waals surface area contributed by atoms with Gasteiger partial charge in [0.25, 0.3) is 0 Å². The lowest BCUT2D eigenvalue weighted by atomic mass is 10.1. The molecule has 5 heteroatoms. The van der Waals surface area contributed by atoms with Gasteiger partial charge in [-0.2, -0.15) is 4.37 Å². The zero-order chi connectivity index (χ0) is 12.1. The first-order chi connectivity index (χ1) is 8.33. The quantitative estimate of drug-likeness (QED) is 0.883. The van der Waals surface area contributed by atoms with Gasteiger partial charge in [0.2, 0.25) is 5.13 Å². The van der Waals surface area contributed by atoms with Gasteiger partial charge in [-0.25, -0.2) is 4.98 Å². The second kappa shape index (κ2) is 5.72. The first kappa shape index (κ1) is 12.0. The molecule has 4 nitrogen and oxygen atoms in total. The maximum absolute atomic E-state index is 4.41. The summed E-state index contributed by atoms with van der Waals surface area (Å²) in [6.45, 7) is 4.19. The number of aromatic nitrogens is 3. The van der Waals surface area contributed by atoms with E-state index in [0.29, 0.717) is 0 Å². The molecule has 0 saturated carbocycles. The molecule has 2 aromatic rings. The summed E-state index contributed by atoms with van der Waals surface area (Å²) < 4.78 is 4.26. The summed E-state index contributed by atoms with van der Waals surface area (Å²) in [5.74, 6) is 0.897. The molecular formula is C12H16N4S. The molecule has 0 spiro atoms. The summed E-state index contributed by atoms with van der Waals surface area (Å²) in [6.07, 6.45) is 3.66. The van der Waals surface area contributed by atoms with E-state index < -0.39 is 0 Å². The van der Waals surface area contributed by atoms with Crippen molar-refractivity contribution in [2.24, 2.45) is 0 Å². The van der Waals surface area contributed by atoms with Gasteiger partial charge in [0.05, 0.1) is 11.7 Å². The summed E-state index contributed by atoms with van der Waals surface area (Å²) in [4.78, 5) is 8.78. The monoisotopic (exact) mass is 248 g/mol. The third kappa shape index (κ3) is 3.00. The molecule has 0 bridgehead atoms. The fourth-order valence-electron chi connectivity index (χ4n) is 1.57. The summed E-state index contributed by atoms with van der Waals surface area (Å²) in [7, 11) is 0. The summed E-state index contributed by atoms with van der Waals surface area (Å²) in [5.41, 5.74) is 1.04. The Morgan fingerprint density at radius 1 is 1.35 bits per heavy atom. The van der Waals surface area contributed by atoms with E-state index in [-0.39, 0.29) is 6.04 Å². The molecule has 1 N–H and O–H groups in total. The van der Waals surface area contributed by atoms with Gasteiger partial charge >= 0.3 is 0 Å². The predicted molar refractivity (Wildman–Crippen MR) is 70.2 cm³/mol. The minimum absolute atomic E-state index is 0.203. The normalized spacial score (nSPS) is 12.4. The third-order valence-electron chi connectivity index (χ3n) is 2.54. The number of nitrogens with zero attached hydrogens (tertiary/aromatic N) is 3. The van der Waals surface area contributed by atoms with Crippen LogP contribution in [0.4, 0.5) is 5.13 Å². The fraction of sp³-hybridized carbons (Fsp3) is 0.417. The van der Waals surface area contributed by atoms with Crippen molar-refractivity contribution in [1.29, 1.82) is 0 Å². The average Bonchev–Trinajstić information content (AvgIpc) is 2.84. The largest absolute Gasteiger partial charge is 0.352 e. The molecule has 0 aromatic carbocycles. The number of rotatable bonds is 5. The predicted octanol–water partition coefficient (Wildman–Crippen LogP) is 3.06. The maximum Gasteiger partial charge on any atom is 0.203 e. The van der Waals surface area contributed by atoms with Gasteiger partial charge in [-0.05, 0) is 18.6 Å². The standard InChI is InChI=1S/C12H16N4S/c1-3-9(10-7-5-6-8-13-10)14-12-15-11(4-2)16-17-12/h5-9H,3-4H2,1-2H3,(H,14,15,16)/t9-/m0/s1. The summed E-state index contributed by atoms with van der Waals surface area (Å²) in [5, 5.41) is 4.26. The number of anilines is 1. The van der Waals surface area contributed by atoms with Crippen LogP contribution in [0.1, 0.15) is 37.8 Å². The highest BCUT2D eigenvalue weighted by molar-refractivity contribution is 7.09. The van der Waals surface area contributed by atoms with E-state index in [1.807, 2.05) is 24.4 Å². The Morgan fingerprint density at radius 3 is 2.82 bits per heavy atom. The third-order valence-corrected chi connectivity index (χ3v) is 3.22. The maximum atomic E-state index is 4.41. The van der Waals surface area contributed by atoms with E-state index in [2.05, 4.69) is 33.5 Å². The number of hydrogen-bond donors (Lipinski definition) is 1. The molecule has 0 amide bonds. The van der Waals surface area contributed by atoms with Crippen molar-refractivity contribution in [3.63, 3.8) is 0 Å². The highest BCUT2D eigenvalue weighted by Crippen LogP contribution is 2.22. The van der Waals surface area contributed by atoms with Crippen LogP contribution >= 0.6 is 11.5 Å². The minimum Gasteiger partial charge on any atom is -0.352 e. The number of hydrogen-bond acceptors (Lipinski definition) is 5. The molecule has 1 atom stereocenters. The van der Waals surface area contributed by atoms with Crippen molar-refractivity contribution in [3.8, 4) is 0 Å². The molecule has 0 aliphatic heterocycles. The van der Waals surface area contributed by atoms with Crippen molar-refractivity contribution in [2.45, 2.75) is 32.7 Å². The molecule has 2 heterocycles. The molecule has 90 valence electrons. The molecule has 2 rings (SSSR count). The van der Waals surface area contributed by atoms with Crippen molar-refractivity contribution in [3.05, 3.63) is 35.9 Å². The Bertz CT molecular complexity index is 455. The number of pyridine rings is 1. The molecule has 0 aliphatic rings. The van der Waals surface area contributed by atoms with Crippen LogP contribution in [0.5, 0.6) is 0 Å². The topological polar surface area (TPSA) is 50.7 Å². The van der Waals surface area contributed by atoms with Crippen molar-refractivity contribution in [1.82, 2.24) is 14.3 Å². The lowest BCUT2D eigenvalue weighted by Crippen LogP contribution is -2.10. The lowest BCUT2D eigenvalue weighted by molar-refractivity contribution is 0.721. The molecule has 0 saturated heterocycles. The van der Waals surface area contributed by atoms with Crippen LogP contribution in [-0.2, 0) is 6.42 Å². The van der Waals surface area contributed by atoms with E-state index in [9.17, 15) is 0 Å². The first-order valence-electron chi connectivity index (χ1n) is 5.83. The van der Waals surface area contributed by atoms with Crippen LogP contribution in [0.15, 0.2) is 24.4 Å². The SMILES string of the molecule is CCc1nsc(N[C@@H](CC)c2ccccn2)n1. The highest BCUT2D eigenvalue weighted by Gasteiger charge is 2.12. The van der Waals surface area contributed by atoms with Gasteiger partial charge < -0.3 is 5.32 Å². The lowest BCUT2D eigenvalue weighted by Gasteiger charge is -2.14. The van der Waals surface area contributed by atoms with E-state index in [4.69, 9.17) is 0 Å². The summed E-state index contributed by atoms with van der Waals surface area (Å²) in [6, 6.07) is 6.16. The minimum atomic E-state index is 0.203. The van der Waals surface area contributed by atoms with Crippen LogP contribution in [0, 0.1) is 0 Å². The van der Waals surface area contributed by atoms with Gasteiger partial charge in [-0.15, -0.1) is 0 Å². The van der Waals surface area contributed by atoms with Gasteiger partial charge in [-0.1, -0.05) is 19.9 Å². The molecule has 0 unspecified atom stereocenters. The van der Waals surface area contributed by atoms with Crippen LogP contribution in [0.2, 0.25) is 0 Å². The molecule has 2 aromatic heterocycles. The Kier molecular flexibility index (Phi) is 4.03. The van der Waals surface area contributed by atoms with E-state index >= 15 is 0 Å². The zero-order valence-electron chi connectivity index (χ0n) is 10.1. The Morgan fingerprint density at radius 2 is 2.24 bits per heavy atom.